The van der Waals surface area contributed by atoms with Gasteiger partial charge in [0.25, 0.3) is 0 Å². The smallest absolute Gasteiger partial charge is 0.307 e. The molecule has 0 saturated heterocycles. The number of benzene rings is 1. The Bertz CT molecular complexity index is 331. The molecular formula is C10H11NO2. The van der Waals surface area contributed by atoms with Crippen molar-refractivity contribution in [1.82, 2.24) is 0 Å². The molecule has 0 atom stereocenters. The molecule has 1 aromatic carbocycles. The summed E-state index contributed by atoms with van der Waals surface area (Å²) in [4.78, 5) is 10.4. The topological polar surface area (TPSA) is 52.3 Å². The number of carbonyl (C=O) groups excluding carboxylic acids is 1. The largest absolute Gasteiger partial charge is 0.435 e. The van der Waals surface area contributed by atoms with E-state index in [0.717, 1.165) is 5.56 Å². The Balaban J connectivity index is 2.68. The fraction of sp³-hybridized carbons (Fsp3) is 0.100. The lowest BCUT2D eigenvalue weighted by molar-refractivity contribution is -0.135. The highest BCUT2D eigenvalue weighted by Gasteiger charge is 1.91. The van der Waals surface area contributed by atoms with E-state index in [1.54, 1.807) is 12.1 Å². The summed E-state index contributed by atoms with van der Waals surface area (Å²) in [5.74, 6) is -0.342. The summed E-state index contributed by atoms with van der Waals surface area (Å²) in [6.45, 7) is 1.35. The second-order valence-corrected chi connectivity index (χ2v) is 2.54. The predicted octanol–water partition coefficient (Wildman–Crippen LogP) is 1.80. The van der Waals surface area contributed by atoms with Crippen molar-refractivity contribution in [2.24, 2.45) is 0 Å². The Morgan fingerprint density at radius 3 is 2.77 bits per heavy atom. The molecule has 13 heavy (non-hydrogen) atoms. The van der Waals surface area contributed by atoms with Crippen LogP contribution in [0.25, 0.3) is 6.08 Å². The van der Waals surface area contributed by atoms with Gasteiger partial charge in [0, 0.05) is 18.2 Å². The SMILES string of the molecule is CC(=O)O/C=C/c1ccccc1N. The number of para-hydroxylation sites is 1. The van der Waals surface area contributed by atoms with Crippen molar-refractivity contribution in [2.75, 3.05) is 5.73 Å². The predicted molar refractivity (Wildman–Crippen MR) is 51.7 cm³/mol. The molecule has 2 N–H and O–H groups in total. The average molecular weight is 177 g/mol. The molecular weight excluding hydrogens is 166 g/mol. The van der Waals surface area contributed by atoms with E-state index in [4.69, 9.17) is 5.73 Å². The maximum Gasteiger partial charge on any atom is 0.307 e. The summed E-state index contributed by atoms with van der Waals surface area (Å²) < 4.78 is 4.63. The highest BCUT2D eigenvalue weighted by Crippen LogP contribution is 2.11. The average Bonchev–Trinajstić information content (AvgIpc) is 2.08. The second kappa shape index (κ2) is 4.30. The van der Waals surface area contributed by atoms with Gasteiger partial charge in [-0.3, -0.25) is 4.79 Å². The second-order valence-electron chi connectivity index (χ2n) is 2.54. The van der Waals surface area contributed by atoms with Crippen molar-refractivity contribution < 1.29 is 9.53 Å². The molecule has 0 amide bonds. The molecule has 3 nitrogen and oxygen atoms in total. The number of nitrogen functional groups attached to an aromatic ring is 1. The molecule has 0 bridgehead atoms. The number of nitrogens with two attached hydrogens (primary N) is 1. The quantitative estimate of drug-likeness (QED) is 0.425. The van der Waals surface area contributed by atoms with Crippen LogP contribution < -0.4 is 5.73 Å². The minimum atomic E-state index is -0.342. The van der Waals surface area contributed by atoms with Gasteiger partial charge in [0.2, 0.25) is 0 Å². The van der Waals surface area contributed by atoms with Crippen LogP contribution in [0.1, 0.15) is 12.5 Å². The highest BCUT2D eigenvalue weighted by molar-refractivity contribution is 5.69. The van der Waals surface area contributed by atoms with Gasteiger partial charge in [0.1, 0.15) is 0 Å². The number of ether oxygens (including phenoxy) is 1. The van der Waals surface area contributed by atoms with E-state index in [0.29, 0.717) is 5.69 Å². The highest BCUT2D eigenvalue weighted by atomic mass is 16.5. The number of carbonyl (C=O) groups is 1. The zero-order valence-electron chi connectivity index (χ0n) is 7.36. The van der Waals surface area contributed by atoms with Crippen LogP contribution in [-0.2, 0) is 9.53 Å². The molecule has 0 aliphatic rings. The minimum absolute atomic E-state index is 0.342. The van der Waals surface area contributed by atoms with Crippen LogP contribution in [0.4, 0.5) is 5.69 Å². The number of rotatable bonds is 2. The number of esters is 1. The van der Waals surface area contributed by atoms with E-state index in [1.165, 1.54) is 13.2 Å². The Labute approximate surface area is 76.8 Å². The summed E-state index contributed by atoms with van der Waals surface area (Å²) in [5.41, 5.74) is 7.14. The van der Waals surface area contributed by atoms with Crippen LogP contribution in [0.2, 0.25) is 0 Å². The lowest BCUT2D eigenvalue weighted by atomic mass is 10.2. The molecule has 0 aliphatic heterocycles. The Hall–Kier alpha value is -1.77. The van der Waals surface area contributed by atoms with Crippen molar-refractivity contribution in [3.8, 4) is 0 Å². The first-order chi connectivity index (χ1) is 6.20. The van der Waals surface area contributed by atoms with E-state index >= 15 is 0 Å². The van der Waals surface area contributed by atoms with Gasteiger partial charge in [0.05, 0.1) is 6.26 Å². The number of anilines is 1. The van der Waals surface area contributed by atoms with Crippen LogP contribution in [0, 0.1) is 0 Å². The number of hydrogen-bond acceptors (Lipinski definition) is 3. The van der Waals surface area contributed by atoms with E-state index in [-0.39, 0.29) is 5.97 Å². The first-order valence-corrected chi connectivity index (χ1v) is 3.88. The summed E-state index contributed by atoms with van der Waals surface area (Å²) >= 11 is 0. The molecule has 0 aromatic heterocycles. The maximum absolute atomic E-state index is 10.4. The monoisotopic (exact) mass is 177 g/mol. The van der Waals surface area contributed by atoms with Crippen molar-refractivity contribution >= 4 is 17.7 Å². The summed E-state index contributed by atoms with van der Waals surface area (Å²) in [5, 5.41) is 0. The van der Waals surface area contributed by atoms with Gasteiger partial charge in [-0.05, 0) is 12.1 Å². The zero-order valence-corrected chi connectivity index (χ0v) is 7.36. The van der Waals surface area contributed by atoms with E-state index in [1.807, 2.05) is 18.2 Å². The third-order valence-corrected chi connectivity index (χ3v) is 1.48. The molecule has 1 aromatic rings. The molecule has 0 saturated carbocycles. The Morgan fingerprint density at radius 1 is 1.46 bits per heavy atom. The van der Waals surface area contributed by atoms with Gasteiger partial charge >= 0.3 is 5.97 Å². The van der Waals surface area contributed by atoms with Crippen molar-refractivity contribution in [3.63, 3.8) is 0 Å². The third-order valence-electron chi connectivity index (χ3n) is 1.48. The normalized spacial score (nSPS) is 10.2. The molecule has 68 valence electrons. The summed E-state index contributed by atoms with van der Waals surface area (Å²) in [6, 6.07) is 7.34. The first-order valence-electron chi connectivity index (χ1n) is 3.88. The van der Waals surface area contributed by atoms with Gasteiger partial charge in [-0.1, -0.05) is 18.2 Å². The maximum atomic E-state index is 10.4. The lowest BCUT2D eigenvalue weighted by Gasteiger charge is -1.97. The third kappa shape index (κ3) is 2.99. The van der Waals surface area contributed by atoms with Crippen LogP contribution in [0.5, 0.6) is 0 Å². The molecule has 0 unspecified atom stereocenters. The Kier molecular flexibility index (Phi) is 3.09. The number of hydrogen-bond donors (Lipinski definition) is 1. The van der Waals surface area contributed by atoms with E-state index < -0.39 is 0 Å². The summed E-state index contributed by atoms with van der Waals surface area (Å²) in [7, 11) is 0. The van der Waals surface area contributed by atoms with E-state index in [9.17, 15) is 4.79 Å². The first kappa shape index (κ1) is 9.32. The molecule has 0 radical (unpaired) electrons. The van der Waals surface area contributed by atoms with Gasteiger partial charge in [-0.2, -0.15) is 0 Å². The molecule has 0 fully saturated rings. The molecule has 3 heteroatoms. The van der Waals surface area contributed by atoms with Crippen LogP contribution in [0.15, 0.2) is 30.5 Å². The van der Waals surface area contributed by atoms with Gasteiger partial charge in [0.15, 0.2) is 0 Å². The fourth-order valence-electron chi connectivity index (χ4n) is 0.866. The van der Waals surface area contributed by atoms with E-state index in [2.05, 4.69) is 4.74 Å². The van der Waals surface area contributed by atoms with Crippen molar-refractivity contribution in [1.29, 1.82) is 0 Å². The van der Waals surface area contributed by atoms with Crippen LogP contribution >= 0.6 is 0 Å². The van der Waals surface area contributed by atoms with Crippen LogP contribution in [0.3, 0.4) is 0 Å². The van der Waals surface area contributed by atoms with Gasteiger partial charge in [-0.15, -0.1) is 0 Å². The molecule has 1 rings (SSSR count). The lowest BCUT2D eigenvalue weighted by Crippen LogP contribution is -1.91. The van der Waals surface area contributed by atoms with Gasteiger partial charge in [-0.25, -0.2) is 0 Å². The van der Waals surface area contributed by atoms with Crippen molar-refractivity contribution in [3.05, 3.63) is 36.1 Å². The minimum Gasteiger partial charge on any atom is -0.435 e. The standard InChI is InChI=1S/C10H11NO2/c1-8(12)13-7-6-9-4-2-3-5-10(9)11/h2-7H,11H2,1H3/b7-6+. The zero-order chi connectivity index (χ0) is 9.68. The Morgan fingerprint density at radius 2 is 2.15 bits per heavy atom. The molecule has 0 aliphatic carbocycles. The van der Waals surface area contributed by atoms with Gasteiger partial charge < -0.3 is 10.5 Å². The molecule has 0 spiro atoms. The van der Waals surface area contributed by atoms with Crippen molar-refractivity contribution in [2.45, 2.75) is 6.92 Å². The van der Waals surface area contributed by atoms with Crippen LogP contribution in [-0.4, -0.2) is 5.97 Å². The fourth-order valence-corrected chi connectivity index (χ4v) is 0.866. The summed E-state index contributed by atoms with van der Waals surface area (Å²) in [6.07, 6.45) is 2.98. The molecule has 0 heterocycles.